The van der Waals surface area contributed by atoms with Crippen LogP contribution in [-0.4, -0.2) is 6.04 Å². The summed E-state index contributed by atoms with van der Waals surface area (Å²) in [6.45, 7) is 8.82. The SMILES string of the molecule is Cc1ccccc1CCCC(N)C(C)(C)C. The topological polar surface area (TPSA) is 26.0 Å². The third kappa shape index (κ3) is 3.97. The molecule has 0 saturated carbocycles. The molecule has 1 aromatic rings. The summed E-state index contributed by atoms with van der Waals surface area (Å²) >= 11 is 0. The van der Waals surface area contributed by atoms with Crippen molar-refractivity contribution in [2.45, 2.75) is 53.0 Å². The van der Waals surface area contributed by atoms with Crippen molar-refractivity contribution in [1.29, 1.82) is 0 Å². The first-order chi connectivity index (χ1) is 7.41. The average Bonchev–Trinajstić information content (AvgIpc) is 2.19. The van der Waals surface area contributed by atoms with Crippen molar-refractivity contribution in [3.05, 3.63) is 35.4 Å². The van der Waals surface area contributed by atoms with Crippen LogP contribution in [0.2, 0.25) is 0 Å². The van der Waals surface area contributed by atoms with Crippen LogP contribution in [-0.2, 0) is 6.42 Å². The number of aryl methyl sites for hydroxylation is 2. The number of rotatable bonds is 4. The highest BCUT2D eigenvalue weighted by Crippen LogP contribution is 2.21. The van der Waals surface area contributed by atoms with E-state index in [9.17, 15) is 0 Å². The first-order valence-corrected chi connectivity index (χ1v) is 6.21. The molecule has 0 spiro atoms. The van der Waals surface area contributed by atoms with Gasteiger partial charge in [-0.2, -0.15) is 0 Å². The van der Waals surface area contributed by atoms with Gasteiger partial charge in [-0.3, -0.25) is 0 Å². The Morgan fingerprint density at radius 1 is 1.19 bits per heavy atom. The maximum atomic E-state index is 6.15. The van der Waals surface area contributed by atoms with Gasteiger partial charge in [-0.25, -0.2) is 0 Å². The Hall–Kier alpha value is -0.820. The van der Waals surface area contributed by atoms with Gasteiger partial charge in [-0.15, -0.1) is 0 Å². The van der Waals surface area contributed by atoms with Crippen molar-refractivity contribution < 1.29 is 0 Å². The van der Waals surface area contributed by atoms with Crippen molar-refractivity contribution in [2.24, 2.45) is 11.1 Å². The van der Waals surface area contributed by atoms with E-state index in [0.717, 1.165) is 12.8 Å². The molecule has 0 heterocycles. The third-order valence-corrected chi connectivity index (χ3v) is 3.33. The van der Waals surface area contributed by atoms with E-state index in [2.05, 4.69) is 52.0 Å². The van der Waals surface area contributed by atoms with E-state index >= 15 is 0 Å². The third-order valence-electron chi connectivity index (χ3n) is 3.33. The minimum atomic E-state index is 0.228. The van der Waals surface area contributed by atoms with E-state index in [1.165, 1.54) is 17.5 Å². The Balaban J connectivity index is 2.40. The van der Waals surface area contributed by atoms with Crippen LogP contribution in [0.1, 0.15) is 44.7 Å². The second-order valence-electron chi connectivity index (χ2n) is 5.79. The largest absolute Gasteiger partial charge is 0.327 e. The van der Waals surface area contributed by atoms with E-state index in [1.807, 2.05) is 0 Å². The van der Waals surface area contributed by atoms with Crippen molar-refractivity contribution in [2.75, 3.05) is 0 Å². The summed E-state index contributed by atoms with van der Waals surface area (Å²) in [5, 5.41) is 0. The smallest absolute Gasteiger partial charge is 0.00877 e. The first-order valence-electron chi connectivity index (χ1n) is 6.21. The summed E-state index contributed by atoms with van der Waals surface area (Å²) < 4.78 is 0. The lowest BCUT2D eigenvalue weighted by Gasteiger charge is -2.27. The van der Waals surface area contributed by atoms with Crippen LogP contribution >= 0.6 is 0 Å². The van der Waals surface area contributed by atoms with Gasteiger partial charge in [-0.05, 0) is 42.7 Å². The maximum Gasteiger partial charge on any atom is 0.00877 e. The highest BCUT2D eigenvalue weighted by molar-refractivity contribution is 5.25. The summed E-state index contributed by atoms with van der Waals surface area (Å²) in [5.74, 6) is 0. The van der Waals surface area contributed by atoms with Crippen molar-refractivity contribution >= 4 is 0 Å². The summed E-state index contributed by atoms with van der Waals surface area (Å²) in [6.07, 6.45) is 3.44. The van der Waals surface area contributed by atoms with Crippen LogP contribution < -0.4 is 5.73 Å². The normalized spacial score (nSPS) is 13.8. The van der Waals surface area contributed by atoms with Crippen LogP contribution in [0, 0.1) is 12.3 Å². The number of nitrogens with two attached hydrogens (primary N) is 1. The Morgan fingerprint density at radius 3 is 2.38 bits per heavy atom. The quantitative estimate of drug-likeness (QED) is 0.821. The molecule has 0 radical (unpaired) electrons. The van der Waals surface area contributed by atoms with Gasteiger partial charge >= 0.3 is 0 Å². The van der Waals surface area contributed by atoms with Crippen molar-refractivity contribution in [3.8, 4) is 0 Å². The van der Waals surface area contributed by atoms with E-state index in [0.29, 0.717) is 6.04 Å². The lowest BCUT2D eigenvalue weighted by molar-refractivity contribution is 0.301. The van der Waals surface area contributed by atoms with E-state index < -0.39 is 0 Å². The van der Waals surface area contributed by atoms with Gasteiger partial charge in [0.1, 0.15) is 0 Å². The summed E-state index contributed by atoms with van der Waals surface area (Å²) in [4.78, 5) is 0. The summed E-state index contributed by atoms with van der Waals surface area (Å²) in [7, 11) is 0. The highest BCUT2D eigenvalue weighted by Gasteiger charge is 2.19. The predicted octanol–water partition coefficient (Wildman–Crippen LogP) is 3.69. The van der Waals surface area contributed by atoms with Crippen LogP contribution in [0.25, 0.3) is 0 Å². The lowest BCUT2D eigenvalue weighted by atomic mass is 9.84. The number of hydrogen-bond acceptors (Lipinski definition) is 1. The molecule has 1 rings (SSSR count). The van der Waals surface area contributed by atoms with Crippen LogP contribution in [0.5, 0.6) is 0 Å². The Labute approximate surface area is 100 Å². The van der Waals surface area contributed by atoms with Crippen LogP contribution in [0.15, 0.2) is 24.3 Å². The Kier molecular flexibility index (Phi) is 4.55. The molecule has 0 amide bonds. The molecular weight excluding hydrogens is 194 g/mol. The molecule has 1 aromatic carbocycles. The molecule has 0 bridgehead atoms. The molecule has 0 fully saturated rings. The zero-order chi connectivity index (χ0) is 12.2. The van der Waals surface area contributed by atoms with Crippen LogP contribution in [0.4, 0.5) is 0 Å². The zero-order valence-corrected chi connectivity index (χ0v) is 11.1. The minimum Gasteiger partial charge on any atom is -0.327 e. The lowest BCUT2D eigenvalue weighted by Crippen LogP contribution is -2.34. The minimum absolute atomic E-state index is 0.228. The second-order valence-corrected chi connectivity index (χ2v) is 5.79. The Bertz CT molecular complexity index is 322. The van der Waals surface area contributed by atoms with E-state index in [-0.39, 0.29) is 5.41 Å². The molecule has 1 atom stereocenters. The molecule has 1 unspecified atom stereocenters. The highest BCUT2D eigenvalue weighted by atomic mass is 14.7. The van der Waals surface area contributed by atoms with Gasteiger partial charge in [0.25, 0.3) is 0 Å². The fourth-order valence-corrected chi connectivity index (χ4v) is 1.84. The molecular formula is C15H25N. The second kappa shape index (κ2) is 5.49. The number of hydrogen-bond donors (Lipinski definition) is 1. The fraction of sp³-hybridized carbons (Fsp3) is 0.600. The van der Waals surface area contributed by atoms with Gasteiger partial charge in [0.15, 0.2) is 0 Å². The molecule has 1 nitrogen and oxygen atoms in total. The molecule has 0 aliphatic carbocycles. The molecule has 90 valence electrons. The molecule has 0 aliphatic heterocycles. The van der Waals surface area contributed by atoms with E-state index in [1.54, 1.807) is 0 Å². The fourth-order valence-electron chi connectivity index (χ4n) is 1.84. The number of benzene rings is 1. The Morgan fingerprint density at radius 2 is 1.81 bits per heavy atom. The first kappa shape index (κ1) is 13.2. The van der Waals surface area contributed by atoms with Gasteiger partial charge in [0, 0.05) is 6.04 Å². The monoisotopic (exact) mass is 219 g/mol. The maximum absolute atomic E-state index is 6.15. The summed E-state index contributed by atoms with van der Waals surface area (Å²) in [5.41, 5.74) is 9.24. The standard InChI is InChI=1S/C15H25N/c1-12-8-5-6-9-13(12)10-7-11-14(16)15(2,3)4/h5-6,8-9,14H,7,10-11,16H2,1-4H3. The van der Waals surface area contributed by atoms with Gasteiger partial charge in [0.2, 0.25) is 0 Å². The van der Waals surface area contributed by atoms with Crippen LogP contribution in [0.3, 0.4) is 0 Å². The average molecular weight is 219 g/mol. The predicted molar refractivity (Wildman–Crippen MR) is 71.5 cm³/mol. The van der Waals surface area contributed by atoms with Gasteiger partial charge < -0.3 is 5.73 Å². The van der Waals surface area contributed by atoms with Gasteiger partial charge in [-0.1, -0.05) is 45.0 Å². The molecule has 0 saturated heterocycles. The van der Waals surface area contributed by atoms with E-state index in [4.69, 9.17) is 5.73 Å². The molecule has 0 aliphatic rings. The van der Waals surface area contributed by atoms with Gasteiger partial charge in [0.05, 0.1) is 0 Å². The summed E-state index contributed by atoms with van der Waals surface area (Å²) in [6, 6.07) is 8.92. The zero-order valence-electron chi connectivity index (χ0n) is 11.1. The molecule has 16 heavy (non-hydrogen) atoms. The molecule has 2 N–H and O–H groups in total. The molecule has 0 aromatic heterocycles. The van der Waals surface area contributed by atoms with Crippen molar-refractivity contribution in [1.82, 2.24) is 0 Å². The molecule has 1 heteroatoms. The van der Waals surface area contributed by atoms with Crippen molar-refractivity contribution in [3.63, 3.8) is 0 Å².